The van der Waals surface area contributed by atoms with E-state index < -0.39 is 0 Å². The maximum atomic E-state index is 3.77. The van der Waals surface area contributed by atoms with E-state index in [9.17, 15) is 0 Å². The maximum Gasteiger partial charge on any atom is -0.0184 e. The minimum absolute atomic E-state index is 1.10. The van der Waals surface area contributed by atoms with Crippen LogP contribution in [0.2, 0.25) is 0 Å². The van der Waals surface area contributed by atoms with Gasteiger partial charge in [0, 0.05) is 0 Å². The van der Waals surface area contributed by atoms with Crippen molar-refractivity contribution in [3.63, 3.8) is 0 Å². The van der Waals surface area contributed by atoms with Crippen molar-refractivity contribution < 1.29 is 0 Å². The Balaban J connectivity index is 3.13. The van der Waals surface area contributed by atoms with Crippen LogP contribution >= 0.6 is 0 Å². The summed E-state index contributed by atoms with van der Waals surface area (Å²) in [6.07, 6.45) is 9.35. The van der Waals surface area contributed by atoms with Crippen LogP contribution in [0.3, 0.4) is 0 Å². The molecular formula is C14H14. The number of hydrogen-bond donors (Lipinski definition) is 0. The monoisotopic (exact) mass is 182 g/mol. The largest absolute Gasteiger partial charge is 0.0991 e. The van der Waals surface area contributed by atoms with Crippen molar-refractivity contribution in [1.82, 2.24) is 0 Å². The summed E-state index contributed by atoms with van der Waals surface area (Å²) >= 11 is 0. The summed E-state index contributed by atoms with van der Waals surface area (Å²) in [5.74, 6) is 0. The van der Waals surface area contributed by atoms with Gasteiger partial charge in [-0.15, -0.1) is 0 Å². The van der Waals surface area contributed by atoms with Gasteiger partial charge >= 0.3 is 0 Å². The minimum atomic E-state index is 1.10. The Morgan fingerprint density at radius 2 is 1.64 bits per heavy atom. The summed E-state index contributed by atoms with van der Waals surface area (Å²) in [4.78, 5) is 0. The standard InChI is InChI=1S/C14H14/c1-4-7-8-12-9-10-13(5-2)14(6-3)11-12/h4-11H,1-3H2/b8-7-. The van der Waals surface area contributed by atoms with Gasteiger partial charge in [0.2, 0.25) is 0 Å². The zero-order valence-corrected chi connectivity index (χ0v) is 8.24. The Kier molecular flexibility index (Phi) is 3.69. The lowest BCUT2D eigenvalue weighted by molar-refractivity contribution is 1.58. The molecule has 1 aromatic rings. The van der Waals surface area contributed by atoms with Crippen molar-refractivity contribution in [2.75, 3.05) is 0 Å². The molecule has 0 heterocycles. The molecule has 0 aliphatic carbocycles. The number of rotatable bonds is 4. The van der Waals surface area contributed by atoms with E-state index in [1.54, 1.807) is 6.08 Å². The average molecular weight is 182 g/mol. The number of allylic oxidation sites excluding steroid dienone is 2. The van der Waals surface area contributed by atoms with Crippen molar-refractivity contribution in [3.8, 4) is 0 Å². The first-order valence-corrected chi connectivity index (χ1v) is 4.50. The summed E-state index contributed by atoms with van der Waals surface area (Å²) in [5.41, 5.74) is 3.35. The lowest BCUT2D eigenvalue weighted by atomic mass is 10.0. The van der Waals surface area contributed by atoms with Crippen molar-refractivity contribution in [1.29, 1.82) is 0 Å². The second-order valence-corrected chi connectivity index (χ2v) is 2.89. The van der Waals surface area contributed by atoms with Gasteiger partial charge in [0.25, 0.3) is 0 Å². The zero-order valence-electron chi connectivity index (χ0n) is 8.24. The molecule has 0 bridgehead atoms. The predicted molar refractivity (Wildman–Crippen MR) is 65.9 cm³/mol. The maximum absolute atomic E-state index is 3.77. The van der Waals surface area contributed by atoms with E-state index >= 15 is 0 Å². The van der Waals surface area contributed by atoms with Gasteiger partial charge in [-0.25, -0.2) is 0 Å². The highest BCUT2D eigenvalue weighted by molar-refractivity contribution is 5.67. The molecular weight excluding hydrogens is 168 g/mol. The molecule has 14 heavy (non-hydrogen) atoms. The SMILES string of the molecule is C=C/C=C\c1ccc(C=C)c(C=C)c1. The molecule has 0 saturated heterocycles. The molecule has 1 rings (SSSR count). The zero-order chi connectivity index (χ0) is 10.4. The highest BCUT2D eigenvalue weighted by Gasteiger charge is 1.95. The van der Waals surface area contributed by atoms with E-state index in [1.807, 2.05) is 36.4 Å². The average Bonchev–Trinajstić information content (AvgIpc) is 2.25. The van der Waals surface area contributed by atoms with Gasteiger partial charge in [0.05, 0.1) is 0 Å². The summed E-state index contributed by atoms with van der Waals surface area (Å²) in [6.45, 7) is 11.1. The highest BCUT2D eigenvalue weighted by atomic mass is 14.0. The molecule has 0 fully saturated rings. The van der Waals surface area contributed by atoms with Crippen molar-refractivity contribution in [2.45, 2.75) is 0 Å². The van der Waals surface area contributed by atoms with Gasteiger partial charge in [0.1, 0.15) is 0 Å². The van der Waals surface area contributed by atoms with Crippen LogP contribution in [-0.4, -0.2) is 0 Å². The van der Waals surface area contributed by atoms with Crippen molar-refractivity contribution in [2.24, 2.45) is 0 Å². The van der Waals surface area contributed by atoms with Crippen LogP contribution < -0.4 is 0 Å². The van der Waals surface area contributed by atoms with Crippen LogP contribution in [0.1, 0.15) is 16.7 Å². The van der Waals surface area contributed by atoms with Crippen LogP contribution in [0.5, 0.6) is 0 Å². The molecule has 0 saturated carbocycles. The van der Waals surface area contributed by atoms with Crippen molar-refractivity contribution >= 4 is 18.2 Å². The molecule has 0 aliphatic rings. The summed E-state index contributed by atoms with van der Waals surface area (Å²) < 4.78 is 0. The van der Waals surface area contributed by atoms with Crippen LogP contribution in [0.25, 0.3) is 18.2 Å². The van der Waals surface area contributed by atoms with E-state index in [2.05, 4.69) is 25.8 Å². The fraction of sp³-hybridized carbons (Fsp3) is 0. The molecule has 0 radical (unpaired) electrons. The topological polar surface area (TPSA) is 0 Å². The van der Waals surface area contributed by atoms with E-state index in [0.29, 0.717) is 0 Å². The lowest BCUT2D eigenvalue weighted by Gasteiger charge is -2.01. The Hall–Kier alpha value is -1.82. The van der Waals surface area contributed by atoms with Crippen LogP contribution in [-0.2, 0) is 0 Å². The van der Waals surface area contributed by atoms with Crippen molar-refractivity contribution in [3.05, 3.63) is 66.8 Å². The molecule has 0 aromatic heterocycles. The van der Waals surface area contributed by atoms with E-state index in [-0.39, 0.29) is 0 Å². The Labute approximate surface area is 85.6 Å². The van der Waals surface area contributed by atoms with Gasteiger partial charge in [-0.2, -0.15) is 0 Å². The van der Waals surface area contributed by atoms with E-state index in [1.165, 1.54) is 0 Å². The van der Waals surface area contributed by atoms with Crippen LogP contribution in [0.15, 0.2) is 50.1 Å². The fourth-order valence-corrected chi connectivity index (χ4v) is 1.24. The quantitative estimate of drug-likeness (QED) is 0.613. The normalized spacial score (nSPS) is 10.0. The third-order valence-electron chi connectivity index (χ3n) is 1.98. The molecule has 0 spiro atoms. The fourth-order valence-electron chi connectivity index (χ4n) is 1.24. The first kappa shape index (κ1) is 10.3. The Morgan fingerprint density at radius 3 is 2.21 bits per heavy atom. The molecule has 0 nitrogen and oxygen atoms in total. The lowest BCUT2D eigenvalue weighted by Crippen LogP contribution is -1.81. The smallest absolute Gasteiger partial charge is 0.0184 e. The Bertz CT molecular complexity index is 381. The molecule has 0 N–H and O–H groups in total. The third kappa shape index (κ3) is 2.33. The van der Waals surface area contributed by atoms with E-state index in [4.69, 9.17) is 0 Å². The van der Waals surface area contributed by atoms with Crippen LogP contribution in [0, 0.1) is 0 Å². The third-order valence-corrected chi connectivity index (χ3v) is 1.98. The van der Waals surface area contributed by atoms with Gasteiger partial charge in [0.15, 0.2) is 0 Å². The molecule has 0 aliphatic heterocycles. The molecule has 0 heteroatoms. The second-order valence-electron chi connectivity index (χ2n) is 2.89. The molecule has 0 unspecified atom stereocenters. The molecule has 1 aromatic carbocycles. The second kappa shape index (κ2) is 5.03. The predicted octanol–water partition coefficient (Wildman–Crippen LogP) is 4.17. The number of hydrogen-bond acceptors (Lipinski definition) is 0. The minimum Gasteiger partial charge on any atom is -0.0991 e. The highest BCUT2D eigenvalue weighted by Crippen LogP contribution is 2.15. The van der Waals surface area contributed by atoms with Crippen LogP contribution in [0.4, 0.5) is 0 Å². The summed E-state index contributed by atoms with van der Waals surface area (Å²) in [5, 5.41) is 0. The van der Waals surface area contributed by atoms with Gasteiger partial charge in [-0.05, 0) is 22.8 Å². The van der Waals surface area contributed by atoms with Gasteiger partial charge in [-0.1, -0.05) is 62.2 Å². The summed E-state index contributed by atoms with van der Waals surface area (Å²) in [6, 6.07) is 6.15. The molecule has 0 atom stereocenters. The first-order valence-electron chi connectivity index (χ1n) is 4.50. The molecule has 0 amide bonds. The number of benzene rings is 1. The summed E-state index contributed by atoms with van der Waals surface area (Å²) in [7, 11) is 0. The van der Waals surface area contributed by atoms with E-state index in [0.717, 1.165) is 16.7 Å². The van der Waals surface area contributed by atoms with Gasteiger partial charge < -0.3 is 0 Å². The Morgan fingerprint density at radius 1 is 0.929 bits per heavy atom. The molecule has 70 valence electrons. The van der Waals surface area contributed by atoms with Gasteiger partial charge in [-0.3, -0.25) is 0 Å². The first-order chi connectivity index (χ1) is 6.81.